The van der Waals surface area contributed by atoms with Crippen molar-refractivity contribution in [3.63, 3.8) is 0 Å². The number of para-hydroxylation sites is 1. The molecule has 0 aromatic heterocycles. The molecule has 0 aliphatic rings. The molecule has 120 valence electrons. The second kappa shape index (κ2) is 7.93. The second-order valence-electron chi connectivity index (χ2n) is 4.19. The van der Waals surface area contributed by atoms with E-state index in [9.17, 15) is 9.59 Å². The number of carbonyl (C=O) groups is 2. The first-order valence-electron chi connectivity index (χ1n) is 6.29. The number of rotatable bonds is 3. The Morgan fingerprint density at radius 3 is 1.96 bits per heavy atom. The molecule has 0 saturated carbocycles. The minimum atomic E-state index is -1.80. The van der Waals surface area contributed by atoms with Crippen molar-refractivity contribution in [2.75, 3.05) is 4.31 Å². The Bertz CT molecular complexity index is 677. The van der Waals surface area contributed by atoms with Crippen LogP contribution >= 0.6 is 46.8 Å². The number of amides is 1. The van der Waals surface area contributed by atoms with Crippen molar-refractivity contribution >= 4 is 64.5 Å². The van der Waals surface area contributed by atoms with Crippen molar-refractivity contribution in [2.24, 2.45) is 0 Å². The Morgan fingerprint density at radius 2 is 1.43 bits per heavy atom. The number of ether oxygens (including phenoxy) is 1. The summed E-state index contributed by atoms with van der Waals surface area (Å²) >= 11 is 17.8. The van der Waals surface area contributed by atoms with Crippen LogP contribution in [0.2, 0.25) is 0 Å². The van der Waals surface area contributed by atoms with Crippen molar-refractivity contribution in [1.29, 1.82) is 0 Å². The summed E-state index contributed by atoms with van der Waals surface area (Å²) in [5.74, 6) is -0.790. The summed E-state index contributed by atoms with van der Waals surface area (Å²) in [6.45, 7) is 0. The number of alkyl halides is 3. The number of esters is 1. The molecular formula is C15H10Cl3NO3S. The first-order chi connectivity index (χ1) is 10.9. The third kappa shape index (κ3) is 5.62. The maximum absolute atomic E-state index is 12.3. The molecule has 1 amide bonds. The fourth-order valence-electron chi connectivity index (χ4n) is 1.62. The third-order valence-electron chi connectivity index (χ3n) is 2.54. The van der Waals surface area contributed by atoms with Crippen molar-refractivity contribution in [3.8, 4) is 0 Å². The van der Waals surface area contributed by atoms with Gasteiger partial charge < -0.3 is 4.74 Å². The van der Waals surface area contributed by atoms with Crippen LogP contribution in [0.4, 0.5) is 10.5 Å². The van der Waals surface area contributed by atoms with Crippen LogP contribution in [0, 0.1) is 0 Å². The zero-order valence-corrected chi connectivity index (χ0v) is 14.6. The summed E-state index contributed by atoms with van der Waals surface area (Å²) < 4.78 is 4.06. The zero-order valence-electron chi connectivity index (χ0n) is 11.5. The first kappa shape index (κ1) is 17.9. The average molecular weight is 391 g/mol. The highest BCUT2D eigenvalue weighted by molar-refractivity contribution is 8.06. The number of hydrogen-bond acceptors (Lipinski definition) is 4. The van der Waals surface area contributed by atoms with Crippen molar-refractivity contribution in [3.05, 3.63) is 66.2 Å². The molecule has 0 atom stereocenters. The SMILES string of the molecule is O=C(OC(=O)N(SC(Cl)(Cl)Cl)c1ccccc1)c1ccccc1. The molecule has 0 heterocycles. The van der Waals surface area contributed by atoms with Gasteiger partial charge in [-0.15, -0.1) is 0 Å². The Hall–Kier alpha value is -1.40. The number of hydrogen-bond donors (Lipinski definition) is 0. The monoisotopic (exact) mass is 389 g/mol. The predicted octanol–water partition coefficient (Wildman–Crippen LogP) is 5.45. The molecule has 0 aliphatic carbocycles. The highest BCUT2D eigenvalue weighted by Gasteiger charge is 2.32. The van der Waals surface area contributed by atoms with E-state index in [2.05, 4.69) is 0 Å². The van der Waals surface area contributed by atoms with Crippen molar-refractivity contribution in [1.82, 2.24) is 0 Å². The predicted molar refractivity (Wildman–Crippen MR) is 94.1 cm³/mol. The summed E-state index contributed by atoms with van der Waals surface area (Å²) in [7, 11) is 0. The molecule has 0 N–H and O–H groups in total. The van der Waals surface area contributed by atoms with Gasteiger partial charge in [0.15, 0.2) is 0 Å². The summed E-state index contributed by atoms with van der Waals surface area (Å²) in [5, 5.41) is 0. The molecule has 2 aromatic rings. The maximum atomic E-state index is 12.3. The van der Waals surface area contributed by atoms with Gasteiger partial charge in [-0.05, 0) is 24.3 Å². The normalized spacial score (nSPS) is 10.9. The Morgan fingerprint density at radius 1 is 0.913 bits per heavy atom. The van der Waals surface area contributed by atoms with E-state index in [0.717, 1.165) is 4.31 Å². The van der Waals surface area contributed by atoms with Crippen LogP contribution in [0.25, 0.3) is 0 Å². The van der Waals surface area contributed by atoms with Gasteiger partial charge in [0.2, 0.25) is 0 Å². The van der Waals surface area contributed by atoms with Crippen LogP contribution in [0.15, 0.2) is 60.7 Å². The quantitative estimate of drug-likeness (QED) is 0.303. The molecule has 8 heteroatoms. The number of anilines is 1. The zero-order chi connectivity index (χ0) is 16.9. The van der Waals surface area contributed by atoms with Gasteiger partial charge in [-0.3, -0.25) is 0 Å². The molecule has 0 aliphatic heterocycles. The highest BCUT2D eigenvalue weighted by Crippen LogP contribution is 2.43. The standard InChI is InChI=1S/C15H10Cl3NO3S/c16-15(17,18)23-19(12-9-5-2-6-10-12)14(21)22-13(20)11-7-3-1-4-8-11/h1-10H. The Balaban J connectivity index is 2.18. The lowest BCUT2D eigenvalue weighted by atomic mass is 10.2. The van der Waals surface area contributed by atoms with Crippen LogP contribution in [0.3, 0.4) is 0 Å². The number of nitrogens with zero attached hydrogens (tertiary/aromatic N) is 1. The molecule has 0 radical (unpaired) electrons. The van der Waals surface area contributed by atoms with Gasteiger partial charge in [0, 0.05) is 11.9 Å². The minimum absolute atomic E-state index is 0.243. The Labute approximate surface area is 152 Å². The fraction of sp³-hybridized carbons (Fsp3) is 0.0667. The number of carbonyl (C=O) groups excluding carboxylic acids is 2. The van der Waals surface area contributed by atoms with E-state index in [-0.39, 0.29) is 5.56 Å². The lowest BCUT2D eigenvalue weighted by Crippen LogP contribution is -2.29. The van der Waals surface area contributed by atoms with E-state index >= 15 is 0 Å². The van der Waals surface area contributed by atoms with Gasteiger partial charge in [-0.2, -0.15) is 0 Å². The van der Waals surface area contributed by atoms with Crippen LogP contribution in [0.5, 0.6) is 0 Å². The summed E-state index contributed by atoms with van der Waals surface area (Å²) in [4.78, 5) is 24.3. The van der Waals surface area contributed by atoms with E-state index in [0.29, 0.717) is 17.6 Å². The molecule has 0 fully saturated rings. The largest absolute Gasteiger partial charge is 0.432 e. The molecule has 23 heavy (non-hydrogen) atoms. The topological polar surface area (TPSA) is 46.6 Å². The van der Waals surface area contributed by atoms with Gasteiger partial charge in [0.1, 0.15) is 0 Å². The summed E-state index contributed by atoms with van der Waals surface area (Å²) in [6, 6.07) is 16.5. The van der Waals surface area contributed by atoms with Crippen LogP contribution in [0.1, 0.15) is 10.4 Å². The van der Waals surface area contributed by atoms with Crippen molar-refractivity contribution in [2.45, 2.75) is 3.12 Å². The van der Waals surface area contributed by atoms with Crippen LogP contribution in [-0.4, -0.2) is 15.2 Å². The summed E-state index contributed by atoms with van der Waals surface area (Å²) in [5.41, 5.74) is 0.655. The van der Waals surface area contributed by atoms with E-state index in [1.54, 1.807) is 48.5 Å². The van der Waals surface area contributed by atoms with E-state index in [1.807, 2.05) is 0 Å². The second-order valence-corrected chi connectivity index (χ2v) is 8.30. The molecule has 0 saturated heterocycles. The molecule has 0 spiro atoms. The molecule has 0 unspecified atom stereocenters. The smallest absolute Gasteiger partial charge is 0.371 e. The van der Waals surface area contributed by atoms with Crippen molar-refractivity contribution < 1.29 is 14.3 Å². The number of halogens is 3. The molecule has 2 aromatic carbocycles. The van der Waals surface area contributed by atoms with Crippen LogP contribution in [-0.2, 0) is 4.74 Å². The van der Waals surface area contributed by atoms with Gasteiger partial charge in [-0.25, -0.2) is 13.9 Å². The van der Waals surface area contributed by atoms with E-state index in [1.165, 1.54) is 12.1 Å². The van der Waals surface area contributed by atoms with Gasteiger partial charge in [-0.1, -0.05) is 71.2 Å². The van der Waals surface area contributed by atoms with E-state index in [4.69, 9.17) is 39.5 Å². The van der Waals surface area contributed by atoms with Crippen LogP contribution < -0.4 is 4.31 Å². The fourth-order valence-corrected chi connectivity index (χ4v) is 2.78. The van der Waals surface area contributed by atoms with Gasteiger partial charge in [0.05, 0.1) is 11.3 Å². The van der Waals surface area contributed by atoms with E-state index < -0.39 is 15.2 Å². The first-order valence-corrected chi connectivity index (χ1v) is 8.20. The summed E-state index contributed by atoms with van der Waals surface area (Å²) in [6.07, 6.45) is -0.957. The molecule has 0 bridgehead atoms. The highest BCUT2D eigenvalue weighted by atomic mass is 35.6. The number of benzene rings is 2. The Kier molecular flexibility index (Phi) is 6.18. The van der Waals surface area contributed by atoms with Gasteiger partial charge >= 0.3 is 12.1 Å². The lowest BCUT2D eigenvalue weighted by Gasteiger charge is -2.23. The molecule has 4 nitrogen and oxygen atoms in total. The van der Waals surface area contributed by atoms with Gasteiger partial charge in [0.25, 0.3) is 3.12 Å². The molecule has 2 rings (SSSR count). The maximum Gasteiger partial charge on any atom is 0.432 e. The molecular weight excluding hydrogens is 381 g/mol. The minimum Gasteiger partial charge on any atom is -0.371 e. The average Bonchev–Trinajstić information content (AvgIpc) is 2.53. The third-order valence-corrected chi connectivity index (χ3v) is 3.91. The lowest BCUT2D eigenvalue weighted by molar-refractivity contribution is 0.0640.